The third-order valence-corrected chi connectivity index (χ3v) is 1.35. The Bertz CT molecular complexity index is 159. The number of hydrogen-bond acceptors (Lipinski definition) is 3. The van der Waals surface area contributed by atoms with Crippen LogP contribution in [0.1, 0.15) is 6.92 Å². The predicted molar refractivity (Wildman–Crippen MR) is 31.3 cm³/mol. The molecule has 0 bridgehead atoms. The molecule has 0 aliphatic carbocycles. The molecule has 1 heterocycles. The molecule has 1 rings (SSSR count). The maximum Gasteiger partial charge on any atom is 0.294 e. The molecular weight excluding hydrogens is 158 g/mol. The molecule has 0 atom stereocenters. The largest absolute Gasteiger partial charge is 0.338 e. The molecule has 5 heteroatoms. The van der Waals surface area contributed by atoms with Crippen LogP contribution in [0.3, 0.4) is 0 Å². The molecule has 1 saturated heterocycles. The third kappa shape index (κ3) is 1.94. The van der Waals surface area contributed by atoms with E-state index in [0.717, 1.165) is 0 Å². The van der Waals surface area contributed by atoms with E-state index in [9.17, 15) is 13.6 Å². The summed E-state index contributed by atoms with van der Waals surface area (Å²) >= 11 is 0. The number of ether oxygens (including phenoxy) is 2. The van der Waals surface area contributed by atoms with Crippen LogP contribution in [0, 0.1) is 0 Å². The zero-order valence-corrected chi connectivity index (χ0v) is 5.97. The van der Waals surface area contributed by atoms with Gasteiger partial charge >= 0.3 is 0 Å². The van der Waals surface area contributed by atoms with E-state index >= 15 is 0 Å². The Labute approximate surface area is 62.3 Å². The minimum absolute atomic E-state index is 0.363. The summed E-state index contributed by atoms with van der Waals surface area (Å²) in [7, 11) is 0. The van der Waals surface area contributed by atoms with Crippen molar-refractivity contribution in [2.45, 2.75) is 18.6 Å². The number of alkyl halides is 2. The van der Waals surface area contributed by atoms with Crippen molar-refractivity contribution in [1.29, 1.82) is 0 Å². The Balaban J connectivity index is 2.54. The molecule has 0 amide bonds. The molecule has 0 unspecified atom stereocenters. The number of aldehydes is 1. The van der Waals surface area contributed by atoms with E-state index in [0.29, 0.717) is 6.29 Å². The van der Waals surface area contributed by atoms with Crippen molar-refractivity contribution < 1.29 is 23.0 Å². The van der Waals surface area contributed by atoms with Crippen LogP contribution in [0.2, 0.25) is 0 Å². The van der Waals surface area contributed by atoms with Crippen molar-refractivity contribution in [1.82, 2.24) is 0 Å². The predicted octanol–water partition coefficient (Wildman–Crippen LogP) is 0.584. The van der Waals surface area contributed by atoms with Gasteiger partial charge < -0.3 is 9.47 Å². The lowest BCUT2D eigenvalue weighted by molar-refractivity contribution is -0.299. The summed E-state index contributed by atoms with van der Waals surface area (Å²) in [6.07, 6.45) is 0.363. The van der Waals surface area contributed by atoms with Crippen molar-refractivity contribution in [2.24, 2.45) is 0 Å². The molecule has 1 aliphatic heterocycles. The maximum atomic E-state index is 12.3. The molecule has 0 spiro atoms. The quantitative estimate of drug-likeness (QED) is 0.534. The highest BCUT2D eigenvalue weighted by Gasteiger charge is 2.42. The van der Waals surface area contributed by atoms with Crippen LogP contribution in [-0.4, -0.2) is 31.2 Å². The first kappa shape index (κ1) is 8.55. The lowest BCUT2D eigenvalue weighted by Gasteiger charge is -2.33. The zero-order valence-electron chi connectivity index (χ0n) is 5.97. The number of carbonyl (C=O) groups excluding carboxylic acids is 1. The first-order valence-corrected chi connectivity index (χ1v) is 3.10. The molecule has 3 nitrogen and oxygen atoms in total. The van der Waals surface area contributed by atoms with E-state index in [4.69, 9.17) is 0 Å². The van der Waals surface area contributed by atoms with E-state index in [1.165, 1.54) is 6.92 Å². The van der Waals surface area contributed by atoms with Crippen molar-refractivity contribution >= 4 is 6.29 Å². The van der Waals surface area contributed by atoms with Gasteiger partial charge in [0.25, 0.3) is 5.92 Å². The summed E-state index contributed by atoms with van der Waals surface area (Å²) in [4.78, 5) is 10.2. The van der Waals surface area contributed by atoms with Gasteiger partial charge in [0, 0.05) is 0 Å². The van der Waals surface area contributed by atoms with Gasteiger partial charge in [-0.2, -0.15) is 0 Å². The maximum absolute atomic E-state index is 12.3. The SMILES string of the molecule is CC1(C=O)OCC(F)(F)CO1. The Hall–Kier alpha value is -0.550. The standard InChI is InChI=1S/C6H8F2O3/c1-5(2-9)10-3-6(7,8)4-11-5/h2H,3-4H2,1H3. The summed E-state index contributed by atoms with van der Waals surface area (Å²) in [5.41, 5.74) is 0. The number of rotatable bonds is 1. The number of hydrogen-bond donors (Lipinski definition) is 0. The van der Waals surface area contributed by atoms with E-state index in [1.54, 1.807) is 0 Å². The van der Waals surface area contributed by atoms with Crippen molar-refractivity contribution in [2.75, 3.05) is 13.2 Å². The summed E-state index contributed by atoms with van der Waals surface area (Å²) in [5, 5.41) is 0. The average molecular weight is 166 g/mol. The van der Waals surface area contributed by atoms with Gasteiger partial charge in [0.2, 0.25) is 5.79 Å². The fourth-order valence-electron chi connectivity index (χ4n) is 0.649. The first-order valence-electron chi connectivity index (χ1n) is 3.10. The fourth-order valence-corrected chi connectivity index (χ4v) is 0.649. The summed E-state index contributed by atoms with van der Waals surface area (Å²) < 4.78 is 33.6. The zero-order chi connectivity index (χ0) is 8.54. The van der Waals surface area contributed by atoms with Gasteiger partial charge in [0.05, 0.1) is 0 Å². The van der Waals surface area contributed by atoms with Crippen LogP contribution in [0.5, 0.6) is 0 Å². The highest BCUT2D eigenvalue weighted by atomic mass is 19.3. The van der Waals surface area contributed by atoms with Crippen LogP contribution < -0.4 is 0 Å². The molecule has 0 aromatic carbocycles. The van der Waals surface area contributed by atoms with Gasteiger partial charge in [-0.1, -0.05) is 0 Å². The first-order chi connectivity index (χ1) is 4.97. The van der Waals surface area contributed by atoms with Crippen molar-refractivity contribution in [3.05, 3.63) is 0 Å². The summed E-state index contributed by atoms with van der Waals surface area (Å²) in [6, 6.07) is 0. The lowest BCUT2D eigenvalue weighted by Crippen LogP contribution is -2.48. The van der Waals surface area contributed by atoms with Gasteiger partial charge in [0.1, 0.15) is 13.2 Å². The topological polar surface area (TPSA) is 35.5 Å². The molecule has 1 aliphatic rings. The number of carbonyl (C=O) groups is 1. The summed E-state index contributed by atoms with van der Waals surface area (Å²) in [6.45, 7) is -0.223. The van der Waals surface area contributed by atoms with E-state index in [-0.39, 0.29) is 0 Å². The summed E-state index contributed by atoms with van der Waals surface area (Å²) in [5.74, 6) is -4.45. The van der Waals surface area contributed by atoms with Crippen LogP contribution in [0.4, 0.5) is 8.78 Å². The van der Waals surface area contributed by atoms with Gasteiger partial charge in [0.15, 0.2) is 6.29 Å². The van der Waals surface area contributed by atoms with Gasteiger partial charge in [-0.05, 0) is 6.92 Å². The normalized spacial score (nSPS) is 27.9. The molecule has 0 saturated carbocycles. The molecular formula is C6H8F2O3. The molecule has 11 heavy (non-hydrogen) atoms. The second kappa shape index (κ2) is 2.49. The van der Waals surface area contributed by atoms with Gasteiger partial charge in [-0.15, -0.1) is 0 Å². The molecule has 64 valence electrons. The van der Waals surface area contributed by atoms with Crippen molar-refractivity contribution in [3.8, 4) is 0 Å². The monoisotopic (exact) mass is 166 g/mol. The molecule has 0 N–H and O–H groups in total. The minimum Gasteiger partial charge on any atom is -0.338 e. The number of halogens is 2. The van der Waals surface area contributed by atoms with Crippen LogP contribution in [0.15, 0.2) is 0 Å². The molecule has 0 aromatic rings. The van der Waals surface area contributed by atoms with Gasteiger partial charge in [-0.25, -0.2) is 8.78 Å². The van der Waals surface area contributed by atoms with Crippen LogP contribution >= 0.6 is 0 Å². The highest BCUT2D eigenvalue weighted by molar-refractivity contribution is 5.59. The second-order valence-electron chi connectivity index (χ2n) is 2.57. The van der Waals surface area contributed by atoms with Gasteiger partial charge in [-0.3, -0.25) is 4.79 Å². The minimum atomic E-state index is -2.97. The highest BCUT2D eigenvalue weighted by Crippen LogP contribution is 2.25. The Morgan fingerprint density at radius 1 is 1.36 bits per heavy atom. The third-order valence-electron chi connectivity index (χ3n) is 1.35. The van der Waals surface area contributed by atoms with E-state index < -0.39 is 24.9 Å². The molecule has 0 aromatic heterocycles. The fraction of sp³-hybridized carbons (Fsp3) is 0.833. The Morgan fingerprint density at radius 3 is 2.18 bits per heavy atom. The van der Waals surface area contributed by atoms with Crippen LogP contribution in [-0.2, 0) is 14.3 Å². The average Bonchev–Trinajstić information content (AvgIpc) is 1.97. The molecule has 1 fully saturated rings. The smallest absolute Gasteiger partial charge is 0.294 e. The Morgan fingerprint density at radius 2 is 1.82 bits per heavy atom. The lowest BCUT2D eigenvalue weighted by atomic mass is 10.3. The molecule has 0 radical (unpaired) electrons. The van der Waals surface area contributed by atoms with E-state index in [2.05, 4.69) is 9.47 Å². The Kier molecular flexibility index (Phi) is 1.94. The van der Waals surface area contributed by atoms with Crippen molar-refractivity contribution in [3.63, 3.8) is 0 Å². The second-order valence-corrected chi connectivity index (χ2v) is 2.57. The van der Waals surface area contributed by atoms with Crippen LogP contribution in [0.25, 0.3) is 0 Å². The van der Waals surface area contributed by atoms with E-state index in [1.807, 2.05) is 0 Å².